The highest BCUT2D eigenvalue weighted by molar-refractivity contribution is 5.79. The topological polar surface area (TPSA) is 66.6 Å². The molecule has 18 heavy (non-hydrogen) atoms. The van der Waals surface area contributed by atoms with Crippen molar-refractivity contribution in [1.82, 2.24) is 4.90 Å². The maximum atomic E-state index is 12.2. The molecule has 1 aliphatic heterocycles. The molecule has 1 amide bonds. The number of hydrogen-bond acceptors (Lipinski definition) is 3. The number of benzene rings is 1. The molecule has 1 aromatic rings. The van der Waals surface area contributed by atoms with Crippen molar-refractivity contribution < 1.29 is 9.90 Å². The lowest BCUT2D eigenvalue weighted by molar-refractivity contribution is -0.133. The molecule has 1 aromatic carbocycles. The molecular formula is C14H20N2O2. The van der Waals surface area contributed by atoms with Gasteiger partial charge in [-0.1, -0.05) is 12.1 Å². The average molecular weight is 248 g/mol. The Hall–Kier alpha value is -1.55. The zero-order valence-electron chi connectivity index (χ0n) is 10.7. The number of phenols is 1. The van der Waals surface area contributed by atoms with Gasteiger partial charge in [0.1, 0.15) is 5.75 Å². The first-order chi connectivity index (χ1) is 8.56. The van der Waals surface area contributed by atoms with Gasteiger partial charge >= 0.3 is 0 Å². The molecule has 2 unspecified atom stereocenters. The third-order valence-electron chi connectivity index (χ3n) is 3.53. The van der Waals surface area contributed by atoms with E-state index in [1.54, 1.807) is 24.3 Å². The molecular weight excluding hydrogens is 228 g/mol. The van der Waals surface area contributed by atoms with Crippen molar-refractivity contribution in [3.05, 3.63) is 29.8 Å². The van der Waals surface area contributed by atoms with Crippen molar-refractivity contribution in [3.63, 3.8) is 0 Å². The highest BCUT2D eigenvalue weighted by Crippen LogP contribution is 2.18. The Morgan fingerprint density at radius 3 is 2.72 bits per heavy atom. The Kier molecular flexibility index (Phi) is 3.87. The van der Waals surface area contributed by atoms with E-state index in [2.05, 4.69) is 0 Å². The van der Waals surface area contributed by atoms with Crippen LogP contribution in [0.25, 0.3) is 0 Å². The van der Waals surface area contributed by atoms with Crippen molar-refractivity contribution in [2.24, 2.45) is 5.73 Å². The van der Waals surface area contributed by atoms with Gasteiger partial charge in [-0.05, 0) is 37.5 Å². The van der Waals surface area contributed by atoms with E-state index in [9.17, 15) is 9.90 Å². The van der Waals surface area contributed by atoms with Crippen LogP contribution in [-0.4, -0.2) is 34.5 Å². The number of likely N-dealkylation sites (tertiary alicyclic amines) is 1. The van der Waals surface area contributed by atoms with Gasteiger partial charge in [-0.25, -0.2) is 0 Å². The van der Waals surface area contributed by atoms with Gasteiger partial charge in [0, 0.05) is 18.6 Å². The third kappa shape index (κ3) is 3.01. The highest BCUT2D eigenvalue weighted by Gasteiger charge is 2.26. The summed E-state index contributed by atoms with van der Waals surface area (Å²) in [6.07, 6.45) is 2.15. The van der Waals surface area contributed by atoms with E-state index in [0.29, 0.717) is 6.42 Å². The van der Waals surface area contributed by atoms with E-state index in [0.717, 1.165) is 24.9 Å². The highest BCUT2D eigenvalue weighted by atomic mass is 16.3. The smallest absolute Gasteiger partial charge is 0.227 e. The Morgan fingerprint density at radius 1 is 1.44 bits per heavy atom. The summed E-state index contributed by atoms with van der Waals surface area (Å²) < 4.78 is 0. The lowest BCUT2D eigenvalue weighted by atomic mass is 9.98. The molecule has 0 radical (unpaired) electrons. The van der Waals surface area contributed by atoms with Crippen LogP contribution in [-0.2, 0) is 11.2 Å². The molecule has 2 atom stereocenters. The number of phenolic OH excluding ortho intramolecular Hbond substituents is 1. The minimum atomic E-state index is 0.139. The molecule has 0 saturated carbocycles. The van der Waals surface area contributed by atoms with Crippen LogP contribution < -0.4 is 5.73 Å². The normalized spacial score (nSPS) is 24.0. The second-order valence-corrected chi connectivity index (χ2v) is 5.06. The van der Waals surface area contributed by atoms with Gasteiger partial charge in [0.2, 0.25) is 5.91 Å². The quantitative estimate of drug-likeness (QED) is 0.828. The maximum absolute atomic E-state index is 12.2. The summed E-state index contributed by atoms with van der Waals surface area (Å²) in [4.78, 5) is 14.1. The molecule has 98 valence electrons. The Balaban J connectivity index is 1.97. The number of nitrogens with zero attached hydrogens (tertiary/aromatic N) is 1. The summed E-state index contributed by atoms with van der Waals surface area (Å²) >= 11 is 0. The van der Waals surface area contributed by atoms with Crippen LogP contribution in [0, 0.1) is 0 Å². The second kappa shape index (κ2) is 5.40. The van der Waals surface area contributed by atoms with Gasteiger partial charge in [-0.3, -0.25) is 4.79 Å². The summed E-state index contributed by atoms with van der Waals surface area (Å²) in [5.41, 5.74) is 6.82. The van der Waals surface area contributed by atoms with Crippen molar-refractivity contribution in [2.45, 2.75) is 38.3 Å². The van der Waals surface area contributed by atoms with Crippen LogP contribution in [0.2, 0.25) is 0 Å². The number of rotatable bonds is 2. The van der Waals surface area contributed by atoms with Crippen molar-refractivity contribution in [2.75, 3.05) is 6.54 Å². The van der Waals surface area contributed by atoms with E-state index in [1.165, 1.54) is 0 Å². The van der Waals surface area contributed by atoms with Crippen LogP contribution in [0.1, 0.15) is 25.3 Å². The van der Waals surface area contributed by atoms with Crippen LogP contribution in [0.4, 0.5) is 0 Å². The minimum absolute atomic E-state index is 0.139. The lowest BCUT2D eigenvalue weighted by Gasteiger charge is -2.36. The summed E-state index contributed by atoms with van der Waals surface area (Å²) in [6, 6.07) is 7.23. The van der Waals surface area contributed by atoms with Gasteiger partial charge in [-0.2, -0.15) is 0 Å². The van der Waals surface area contributed by atoms with Gasteiger partial charge in [0.05, 0.1) is 6.42 Å². The number of carbonyl (C=O) groups is 1. The van der Waals surface area contributed by atoms with Gasteiger partial charge in [-0.15, -0.1) is 0 Å². The molecule has 3 N–H and O–H groups in total. The second-order valence-electron chi connectivity index (χ2n) is 5.06. The van der Waals surface area contributed by atoms with Gasteiger partial charge in [0.25, 0.3) is 0 Å². The summed E-state index contributed by atoms with van der Waals surface area (Å²) in [7, 11) is 0. The van der Waals surface area contributed by atoms with Crippen molar-refractivity contribution in [3.8, 4) is 5.75 Å². The van der Waals surface area contributed by atoms with Crippen LogP contribution in [0.5, 0.6) is 5.75 Å². The molecule has 1 aliphatic rings. The van der Waals surface area contributed by atoms with E-state index in [4.69, 9.17) is 5.73 Å². The molecule has 0 aliphatic carbocycles. The van der Waals surface area contributed by atoms with Crippen LogP contribution in [0.3, 0.4) is 0 Å². The SMILES string of the molecule is CC1CC(N)CCN1C(=O)Cc1ccc(O)cc1. The fraction of sp³-hybridized carbons (Fsp3) is 0.500. The molecule has 2 rings (SSSR count). The first-order valence-corrected chi connectivity index (χ1v) is 6.39. The molecule has 0 spiro atoms. The average Bonchev–Trinajstić information content (AvgIpc) is 2.32. The monoisotopic (exact) mass is 248 g/mol. The van der Waals surface area contributed by atoms with E-state index >= 15 is 0 Å². The summed E-state index contributed by atoms with van der Waals surface area (Å²) in [6.45, 7) is 2.80. The van der Waals surface area contributed by atoms with E-state index in [1.807, 2.05) is 11.8 Å². The molecule has 0 bridgehead atoms. The standard InChI is InChI=1S/C14H20N2O2/c1-10-8-12(15)6-7-16(10)14(18)9-11-2-4-13(17)5-3-11/h2-5,10,12,17H,6-9,15H2,1H3. The third-order valence-corrected chi connectivity index (χ3v) is 3.53. The number of piperidine rings is 1. The Morgan fingerprint density at radius 2 is 2.11 bits per heavy atom. The van der Waals surface area contributed by atoms with Crippen LogP contribution >= 0.6 is 0 Å². The number of aromatic hydroxyl groups is 1. The Bertz CT molecular complexity index is 416. The fourth-order valence-electron chi connectivity index (χ4n) is 2.47. The van der Waals surface area contributed by atoms with E-state index in [-0.39, 0.29) is 23.7 Å². The molecule has 4 nitrogen and oxygen atoms in total. The molecule has 1 fully saturated rings. The predicted molar refractivity (Wildman–Crippen MR) is 70.2 cm³/mol. The van der Waals surface area contributed by atoms with Gasteiger partial charge in [0.15, 0.2) is 0 Å². The first-order valence-electron chi connectivity index (χ1n) is 6.39. The largest absolute Gasteiger partial charge is 0.508 e. The molecule has 4 heteroatoms. The van der Waals surface area contributed by atoms with Crippen molar-refractivity contribution in [1.29, 1.82) is 0 Å². The number of hydrogen-bond donors (Lipinski definition) is 2. The summed E-state index contributed by atoms with van der Waals surface area (Å²) in [5, 5.41) is 9.20. The minimum Gasteiger partial charge on any atom is -0.508 e. The fourth-order valence-corrected chi connectivity index (χ4v) is 2.47. The molecule has 1 heterocycles. The Labute approximate surface area is 107 Å². The van der Waals surface area contributed by atoms with Crippen molar-refractivity contribution >= 4 is 5.91 Å². The first kappa shape index (κ1) is 12.9. The lowest BCUT2D eigenvalue weighted by Crippen LogP contribution is -2.48. The number of nitrogens with two attached hydrogens (primary N) is 1. The maximum Gasteiger partial charge on any atom is 0.227 e. The van der Waals surface area contributed by atoms with Crippen LogP contribution in [0.15, 0.2) is 24.3 Å². The summed E-state index contributed by atoms with van der Waals surface area (Å²) in [5.74, 6) is 0.364. The number of amides is 1. The number of carbonyl (C=O) groups excluding carboxylic acids is 1. The zero-order valence-corrected chi connectivity index (χ0v) is 10.7. The predicted octanol–water partition coefficient (Wildman–Crippen LogP) is 1.27. The molecule has 0 aromatic heterocycles. The zero-order chi connectivity index (χ0) is 13.1. The van der Waals surface area contributed by atoms with Gasteiger partial charge < -0.3 is 15.7 Å². The van der Waals surface area contributed by atoms with E-state index < -0.39 is 0 Å². The molecule has 1 saturated heterocycles.